The average molecular weight is 365 g/mol. The van der Waals surface area contributed by atoms with Crippen molar-refractivity contribution >= 4 is 22.4 Å². The molecule has 27 heavy (non-hydrogen) atoms. The predicted molar refractivity (Wildman–Crippen MR) is 96.9 cm³/mol. The van der Waals surface area contributed by atoms with E-state index in [1.54, 1.807) is 24.5 Å². The van der Waals surface area contributed by atoms with E-state index >= 15 is 0 Å². The number of hydrogen-bond donors (Lipinski definition) is 1. The minimum Gasteiger partial charge on any atom is -0.435 e. The SMILES string of the molecule is FC(F)Oc1cccc(Nc2nc(-c3cncnc3)nc3ccccc23)c1. The topological polar surface area (TPSA) is 72.8 Å². The molecule has 0 aliphatic carbocycles. The van der Waals surface area contributed by atoms with Gasteiger partial charge in [-0.15, -0.1) is 0 Å². The Morgan fingerprint density at radius 3 is 2.56 bits per heavy atom. The first-order valence-corrected chi connectivity index (χ1v) is 8.03. The Labute approximate surface area is 152 Å². The largest absolute Gasteiger partial charge is 0.435 e. The summed E-state index contributed by atoms with van der Waals surface area (Å²) in [6.45, 7) is -2.88. The summed E-state index contributed by atoms with van der Waals surface area (Å²) < 4.78 is 29.4. The van der Waals surface area contributed by atoms with Crippen molar-refractivity contribution in [3.63, 3.8) is 0 Å². The number of benzene rings is 2. The van der Waals surface area contributed by atoms with Gasteiger partial charge in [0, 0.05) is 29.5 Å². The van der Waals surface area contributed by atoms with Crippen molar-refractivity contribution in [3.05, 3.63) is 67.3 Å². The highest BCUT2D eigenvalue weighted by molar-refractivity contribution is 5.92. The number of rotatable bonds is 5. The molecule has 0 aliphatic heterocycles. The molecule has 4 rings (SSSR count). The first-order chi connectivity index (χ1) is 13.2. The summed E-state index contributed by atoms with van der Waals surface area (Å²) in [6, 6.07) is 13.8. The first kappa shape index (κ1) is 16.8. The monoisotopic (exact) mass is 365 g/mol. The number of halogens is 2. The third-order valence-electron chi connectivity index (χ3n) is 3.74. The lowest BCUT2D eigenvalue weighted by Crippen LogP contribution is -2.03. The fourth-order valence-electron chi connectivity index (χ4n) is 2.60. The van der Waals surface area contributed by atoms with Crippen molar-refractivity contribution < 1.29 is 13.5 Å². The Kier molecular flexibility index (Phi) is 4.52. The van der Waals surface area contributed by atoms with Crippen molar-refractivity contribution in [2.75, 3.05) is 5.32 Å². The molecule has 6 nitrogen and oxygen atoms in total. The van der Waals surface area contributed by atoms with Crippen LogP contribution in [-0.4, -0.2) is 26.5 Å². The molecule has 0 unspecified atom stereocenters. The van der Waals surface area contributed by atoms with Gasteiger partial charge in [-0.25, -0.2) is 19.9 Å². The Bertz CT molecular complexity index is 1080. The van der Waals surface area contributed by atoms with Gasteiger partial charge in [0.2, 0.25) is 0 Å². The molecule has 2 aromatic carbocycles. The van der Waals surface area contributed by atoms with E-state index in [4.69, 9.17) is 0 Å². The molecule has 1 N–H and O–H groups in total. The molecule has 2 heterocycles. The summed E-state index contributed by atoms with van der Waals surface area (Å²) in [6.07, 6.45) is 4.67. The number of hydrogen-bond acceptors (Lipinski definition) is 6. The lowest BCUT2D eigenvalue weighted by atomic mass is 10.2. The lowest BCUT2D eigenvalue weighted by Gasteiger charge is -2.12. The fourth-order valence-corrected chi connectivity index (χ4v) is 2.60. The van der Waals surface area contributed by atoms with Gasteiger partial charge in [-0.2, -0.15) is 8.78 Å². The zero-order valence-electron chi connectivity index (χ0n) is 13.9. The standard InChI is InChI=1S/C19H13F2N5O/c20-19(21)27-14-5-3-4-13(8-14)24-18-15-6-1-2-7-16(15)25-17(26-18)12-9-22-11-23-10-12/h1-11,19H,(H,24,25,26). The first-order valence-electron chi connectivity index (χ1n) is 8.03. The molecule has 0 saturated heterocycles. The van der Waals surface area contributed by atoms with Crippen LogP contribution in [0.4, 0.5) is 20.3 Å². The highest BCUT2D eigenvalue weighted by atomic mass is 19.3. The number of anilines is 2. The smallest absolute Gasteiger partial charge is 0.387 e. The van der Waals surface area contributed by atoms with Crippen molar-refractivity contribution in [1.82, 2.24) is 19.9 Å². The molecule has 0 saturated carbocycles. The highest BCUT2D eigenvalue weighted by Gasteiger charge is 2.11. The number of para-hydroxylation sites is 1. The molecular weight excluding hydrogens is 352 g/mol. The number of alkyl halides is 2. The van der Waals surface area contributed by atoms with Crippen LogP contribution < -0.4 is 10.1 Å². The van der Waals surface area contributed by atoms with Gasteiger partial charge in [-0.05, 0) is 24.3 Å². The third-order valence-corrected chi connectivity index (χ3v) is 3.74. The minimum absolute atomic E-state index is 0.0602. The fraction of sp³-hybridized carbons (Fsp3) is 0.0526. The van der Waals surface area contributed by atoms with E-state index in [1.165, 1.54) is 18.5 Å². The van der Waals surface area contributed by atoms with Gasteiger partial charge in [-0.1, -0.05) is 18.2 Å². The predicted octanol–water partition coefficient (Wildman–Crippen LogP) is 4.43. The molecule has 134 valence electrons. The molecule has 0 radical (unpaired) electrons. The normalized spacial score (nSPS) is 10.9. The molecule has 4 aromatic rings. The second-order valence-corrected chi connectivity index (χ2v) is 5.57. The summed E-state index contributed by atoms with van der Waals surface area (Å²) in [7, 11) is 0. The molecule has 2 aromatic heterocycles. The van der Waals surface area contributed by atoms with Crippen molar-refractivity contribution in [3.8, 4) is 17.1 Å². The van der Waals surface area contributed by atoms with Gasteiger partial charge >= 0.3 is 6.61 Å². The maximum atomic E-state index is 12.5. The zero-order valence-corrected chi connectivity index (χ0v) is 13.9. The summed E-state index contributed by atoms with van der Waals surface area (Å²) in [4.78, 5) is 17.1. The van der Waals surface area contributed by atoms with Gasteiger partial charge in [-0.3, -0.25) is 0 Å². The van der Waals surface area contributed by atoms with Crippen LogP contribution in [0.5, 0.6) is 5.75 Å². The van der Waals surface area contributed by atoms with E-state index in [2.05, 4.69) is 30.0 Å². The van der Waals surface area contributed by atoms with E-state index in [0.717, 1.165) is 10.9 Å². The van der Waals surface area contributed by atoms with Crippen LogP contribution in [0, 0.1) is 0 Å². The van der Waals surface area contributed by atoms with Crippen LogP contribution in [0.3, 0.4) is 0 Å². The van der Waals surface area contributed by atoms with Gasteiger partial charge in [0.25, 0.3) is 0 Å². The van der Waals surface area contributed by atoms with E-state index < -0.39 is 6.61 Å². The second-order valence-electron chi connectivity index (χ2n) is 5.57. The Balaban J connectivity index is 1.77. The molecular formula is C19H13F2N5O. The third kappa shape index (κ3) is 3.79. The van der Waals surface area contributed by atoms with Crippen LogP contribution >= 0.6 is 0 Å². The molecule has 0 amide bonds. The van der Waals surface area contributed by atoms with Crippen molar-refractivity contribution in [1.29, 1.82) is 0 Å². The van der Waals surface area contributed by atoms with Crippen molar-refractivity contribution in [2.24, 2.45) is 0 Å². The van der Waals surface area contributed by atoms with Gasteiger partial charge < -0.3 is 10.1 Å². The van der Waals surface area contributed by atoms with E-state index in [0.29, 0.717) is 22.9 Å². The highest BCUT2D eigenvalue weighted by Crippen LogP contribution is 2.28. The number of fused-ring (bicyclic) bond motifs is 1. The molecule has 0 fully saturated rings. The lowest BCUT2D eigenvalue weighted by molar-refractivity contribution is -0.0497. The molecule has 0 spiro atoms. The van der Waals surface area contributed by atoms with Crippen LogP contribution in [0.15, 0.2) is 67.3 Å². The van der Waals surface area contributed by atoms with Crippen LogP contribution in [0.1, 0.15) is 0 Å². The summed E-state index contributed by atoms with van der Waals surface area (Å²) >= 11 is 0. The number of aromatic nitrogens is 4. The number of ether oxygens (including phenoxy) is 1. The molecule has 0 atom stereocenters. The maximum Gasteiger partial charge on any atom is 0.387 e. The van der Waals surface area contributed by atoms with Gasteiger partial charge in [0.05, 0.1) is 11.1 Å². The van der Waals surface area contributed by atoms with E-state index in [9.17, 15) is 8.78 Å². The van der Waals surface area contributed by atoms with E-state index in [-0.39, 0.29) is 5.75 Å². The summed E-state index contributed by atoms with van der Waals surface area (Å²) in [5.74, 6) is 1.05. The number of nitrogens with one attached hydrogen (secondary N) is 1. The average Bonchev–Trinajstić information content (AvgIpc) is 2.68. The Hall–Kier alpha value is -3.68. The summed E-state index contributed by atoms with van der Waals surface area (Å²) in [5.41, 5.74) is 1.96. The Morgan fingerprint density at radius 2 is 1.74 bits per heavy atom. The van der Waals surface area contributed by atoms with E-state index in [1.807, 2.05) is 24.3 Å². The molecule has 8 heteroatoms. The minimum atomic E-state index is -2.88. The maximum absolute atomic E-state index is 12.5. The quantitative estimate of drug-likeness (QED) is 0.564. The van der Waals surface area contributed by atoms with Crippen LogP contribution in [-0.2, 0) is 0 Å². The molecule has 0 bridgehead atoms. The van der Waals surface area contributed by atoms with Gasteiger partial charge in [0.1, 0.15) is 17.9 Å². The number of nitrogens with zero attached hydrogens (tertiary/aromatic N) is 4. The van der Waals surface area contributed by atoms with Crippen molar-refractivity contribution in [2.45, 2.75) is 6.61 Å². The zero-order chi connectivity index (χ0) is 18.6. The Morgan fingerprint density at radius 1 is 0.926 bits per heavy atom. The van der Waals surface area contributed by atoms with Crippen LogP contribution in [0.2, 0.25) is 0 Å². The van der Waals surface area contributed by atoms with Gasteiger partial charge in [0.15, 0.2) is 5.82 Å². The summed E-state index contributed by atoms with van der Waals surface area (Å²) in [5, 5.41) is 3.94. The second kappa shape index (κ2) is 7.28. The molecule has 0 aliphatic rings. The van der Waals surface area contributed by atoms with Crippen LogP contribution in [0.25, 0.3) is 22.3 Å².